The first kappa shape index (κ1) is 14.4. The third kappa shape index (κ3) is 4.87. The lowest BCUT2D eigenvalue weighted by Gasteiger charge is -2.29. The van der Waals surface area contributed by atoms with Crippen LogP contribution in [-0.2, 0) is 6.54 Å². The molecule has 2 N–H and O–H groups in total. The van der Waals surface area contributed by atoms with E-state index in [1.54, 1.807) is 0 Å². The third-order valence-electron chi connectivity index (χ3n) is 4.17. The minimum Gasteiger partial charge on any atom is -0.399 e. The summed E-state index contributed by atoms with van der Waals surface area (Å²) >= 11 is 0. The standard InChI is InChI=1S/C17H28N2/c1-2-12-19(13-15-6-4-3-5-7-15)14-16-8-10-17(18)11-9-16/h8-11,15H,2-7,12-14,18H2,1H3. The van der Waals surface area contributed by atoms with Gasteiger partial charge in [-0.05, 0) is 49.4 Å². The van der Waals surface area contributed by atoms with Crippen LogP contribution in [0.3, 0.4) is 0 Å². The van der Waals surface area contributed by atoms with Crippen molar-refractivity contribution in [3.8, 4) is 0 Å². The number of nitrogens with zero attached hydrogens (tertiary/aromatic N) is 1. The van der Waals surface area contributed by atoms with E-state index in [0.717, 1.165) is 18.2 Å². The van der Waals surface area contributed by atoms with Crippen LogP contribution < -0.4 is 5.73 Å². The number of anilines is 1. The average molecular weight is 260 g/mol. The summed E-state index contributed by atoms with van der Waals surface area (Å²) in [4.78, 5) is 2.63. The fourth-order valence-corrected chi connectivity index (χ4v) is 3.17. The van der Waals surface area contributed by atoms with Crippen LogP contribution in [0.2, 0.25) is 0 Å². The molecule has 1 fully saturated rings. The van der Waals surface area contributed by atoms with Crippen molar-refractivity contribution >= 4 is 5.69 Å². The van der Waals surface area contributed by atoms with Crippen molar-refractivity contribution in [3.05, 3.63) is 29.8 Å². The van der Waals surface area contributed by atoms with Crippen molar-refractivity contribution in [3.63, 3.8) is 0 Å². The van der Waals surface area contributed by atoms with Crippen LogP contribution >= 0.6 is 0 Å². The Hall–Kier alpha value is -1.02. The van der Waals surface area contributed by atoms with Crippen LogP contribution in [0.15, 0.2) is 24.3 Å². The van der Waals surface area contributed by atoms with Gasteiger partial charge in [0.1, 0.15) is 0 Å². The fourth-order valence-electron chi connectivity index (χ4n) is 3.17. The van der Waals surface area contributed by atoms with Crippen molar-refractivity contribution < 1.29 is 0 Å². The van der Waals surface area contributed by atoms with E-state index in [4.69, 9.17) is 5.73 Å². The van der Waals surface area contributed by atoms with Gasteiger partial charge in [0.05, 0.1) is 0 Å². The number of benzene rings is 1. The lowest BCUT2D eigenvalue weighted by atomic mass is 9.89. The molecular formula is C17H28N2. The van der Waals surface area contributed by atoms with Gasteiger partial charge in [0.15, 0.2) is 0 Å². The van der Waals surface area contributed by atoms with Crippen LogP contribution in [0.25, 0.3) is 0 Å². The molecule has 2 heteroatoms. The Labute approximate surface area is 118 Å². The second-order valence-corrected chi connectivity index (χ2v) is 5.98. The molecule has 1 aliphatic rings. The molecule has 1 aromatic rings. The third-order valence-corrected chi connectivity index (χ3v) is 4.17. The maximum absolute atomic E-state index is 5.75. The first-order chi connectivity index (χ1) is 9.28. The molecule has 0 atom stereocenters. The zero-order valence-electron chi connectivity index (χ0n) is 12.3. The first-order valence-electron chi connectivity index (χ1n) is 7.84. The van der Waals surface area contributed by atoms with Gasteiger partial charge in [0, 0.05) is 18.8 Å². The van der Waals surface area contributed by atoms with E-state index in [2.05, 4.69) is 24.0 Å². The SMILES string of the molecule is CCCN(Cc1ccc(N)cc1)CC1CCCCC1. The molecule has 0 saturated heterocycles. The molecule has 19 heavy (non-hydrogen) atoms. The summed E-state index contributed by atoms with van der Waals surface area (Å²) in [6.45, 7) is 5.83. The summed E-state index contributed by atoms with van der Waals surface area (Å²) in [7, 11) is 0. The van der Waals surface area contributed by atoms with E-state index in [9.17, 15) is 0 Å². The summed E-state index contributed by atoms with van der Waals surface area (Å²) in [5.74, 6) is 0.925. The Bertz CT molecular complexity index is 352. The zero-order valence-corrected chi connectivity index (χ0v) is 12.3. The van der Waals surface area contributed by atoms with E-state index < -0.39 is 0 Å². The minimum absolute atomic E-state index is 0.859. The summed E-state index contributed by atoms with van der Waals surface area (Å²) in [6, 6.07) is 8.36. The molecular weight excluding hydrogens is 232 g/mol. The van der Waals surface area contributed by atoms with Crippen LogP contribution in [0.1, 0.15) is 51.0 Å². The molecule has 0 radical (unpaired) electrons. The number of nitrogen functional groups attached to an aromatic ring is 1. The Morgan fingerprint density at radius 1 is 1.11 bits per heavy atom. The van der Waals surface area contributed by atoms with Crippen molar-refractivity contribution in [2.24, 2.45) is 5.92 Å². The highest BCUT2D eigenvalue weighted by molar-refractivity contribution is 5.39. The molecule has 0 heterocycles. The summed E-state index contributed by atoms with van der Waals surface area (Å²) in [5.41, 5.74) is 8.00. The van der Waals surface area contributed by atoms with Crippen LogP contribution in [-0.4, -0.2) is 18.0 Å². The average Bonchev–Trinajstić information content (AvgIpc) is 2.43. The smallest absolute Gasteiger partial charge is 0.0314 e. The number of rotatable bonds is 6. The van der Waals surface area contributed by atoms with Gasteiger partial charge >= 0.3 is 0 Å². The van der Waals surface area contributed by atoms with E-state index >= 15 is 0 Å². The molecule has 1 aromatic carbocycles. The predicted molar refractivity (Wildman–Crippen MR) is 83.0 cm³/mol. The van der Waals surface area contributed by atoms with Gasteiger partial charge in [-0.3, -0.25) is 4.90 Å². The van der Waals surface area contributed by atoms with Crippen molar-refractivity contribution in [2.45, 2.75) is 52.0 Å². The Morgan fingerprint density at radius 2 is 1.79 bits per heavy atom. The number of hydrogen-bond donors (Lipinski definition) is 1. The normalized spacial score (nSPS) is 16.9. The monoisotopic (exact) mass is 260 g/mol. The lowest BCUT2D eigenvalue weighted by molar-refractivity contribution is 0.194. The van der Waals surface area contributed by atoms with E-state index in [1.807, 2.05) is 12.1 Å². The zero-order chi connectivity index (χ0) is 13.5. The van der Waals surface area contributed by atoms with Gasteiger partial charge in [-0.1, -0.05) is 38.3 Å². The molecule has 0 unspecified atom stereocenters. The molecule has 1 aliphatic carbocycles. The van der Waals surface area contributed by atoms with Gasteiger partial charge in [-0.25, -0.2) is 0 Å². The van der Waals surface area contributed by atoms with Crippen LogP contribution in [0.4, 0.5) is 5.69 Å². The van der Waals surface area contributed by atoms with E-state index in [1.165, 1.54) is 57.2 Å². The molecule has 0 aliphatic heterocycles. The molecule has 0 spiro atoms. The second kappa shape index (κ2) is 7.54. The summed E-state index contributed by atoms with van der Waals surface area (Å²) in [6.07, 6.45) is 8.42. The van der Waals surface area contributed by atoms with E-state index in [0.29, 0.717) is 0 Å². The molecule has 0 aromatic heterocycles. The van der Waals surface area contributed by atoms with Crippen molar-refractivity contribution in [1.29, 1.82) is 0 Å². The predicted octanol–water partition coefficient (Wildman–Crippen LogP) is 4.06. The molecule has 106 valence electrons. The topological polar surface area (TPSA) is 29.3 Å². The summed E-state index contributed by atoms with van der Waals surface area (Å²) in [5, 5.41) is 0. The largest absolute Gasteiger partial charge is 0.399 e. The van der Waals surface area contributed by atoms with Crippen molar-refractivity contribution in [2.75, 3.05) is 18.8 Å². The lowest BCUT2D eigenvalue weighted by Crippen LogP contribution is -2.31. The molecule has 2 rings (SSSR count). The first-order valence-corrected chi connectivity index (χ1v) is 7.84. The van der Waals surface area contributed by atoms with Gasteiger partial charge in [-0.15, -0.1) is 0 Å². The molecule has 1 saturated carbocycles. The quantitative estimate of drug-likeness (QED) is 0.781. The van der Waals surface area contributed by atoms with Crippen molar-refractivity contribution in [1.82, 2.24) is 4.90 Å². The highest BCUT2D eigenvalue weighted by Crippen LogP contribution is 2.25. The molecule has 0 bridgehead atoms. The van der Waals surface area contributed by atoms with Crippen LogP contribution in [0, 0.1) is 5.92 Å². The number of nitrogens with two attached hydrogens (primary N) is 1. The van der Waals surface area contributed by atoms with Crippen LogP contribution in [0.5, 0.6) is 0 Å². The van der Waals surface area contributed by atoms with Gasteiger partial charge in [-0.2, -0.15) is 0 Å². The summed E-state index contributed by atoms with van der Waals surface area (Å²) < 4.78 is 0. The number of hydrogen-bond acceptors (Lipinski definition) is 2. The second-order valence-electron chi connectivity index (χ2n) is 5.98. The van der Waals surface area contributed by atoms with Gasteiger partial charge in [0.2, 0.25) is 0 Å². The Kier molecular flexibility index (Phi) is 5.71. The van der Waals surface area contributed by atoms with E-state index in [-0.39, 0.29) is 0 Å². The maximum atomic E-state index is 5.75. The Morgan fingerprint density at radius 3 is 2.42 bits per heavy atom. The molecule has 0 amide bonds. The maximum Gasteiger partial charge on any atom is 0.0314 e. The minimum atomic E-state index is 0.859. The van der Waals surface area contributed by atoms with Gasteiger partial charge < -0.3 is 5.73 Å². The molecule has 2 nitrogen and oxygen atoms in total. The highest BCUT2D eigenvalue weighted by atomic mass is 15.1. The van der Waals surface area contributed by atoms with Gasteiger partial charge in [0.25, 0.3) is 0 Å². The highest BCUT2D eigenvalue weighted by Gasteiger charge is 2.16. The fraction of sp³-hybridized carbons (Fsp3) is 0.647. The Balaban J connectivity index is 1.89.